The Morgan fingerprint density at radius 3 is 2.29 bits per heavy atom. The standard InChI is InChI=1S/C16H10N2O2S/c1-20-16(19)15-7-6-14(8-12(15)10-18)21-13-4-2-11(9-17)3-5-13/h2-8H,1H3. The molecule has 0 radical (unpaired) electrons. The van der Waals surface area contributed by atoms with Crippen LogP contribution >= 0.6 is 11.8 Å². The van der Waals surface area contributed by atoms with Gasteiger partial charge in [0.15, 0.2) is 0 Å². The lowest BCUT2D eigenvalue weighted by atomic mass is 10.1. The van der Waals surface area contributed by atoms with E-state index in [0.29, 0.717) is 5.56 Å². The van der Waals surface area contributed by atoms with E-state index in [1.807, 2.05) is 18.2 Å². The van der Waals surface area contributed by atoms with Gasteiger partial charge in [0.05, 0.1) is 29.9 Å². The van der Waals surface area contributed by atoms with Crippen molar-refractivity contribution in [3.63, 3.8) is 0 Å². The summed E-state index contributed by atoms with van der Waals surface area (Å²) in [6, 6.07) is 16.2. The average molecular weight is 294 g/mol. The third-order valence-corrected chi connectivity index (χ3v) is 3.73. The number of hydrogen-bond acceptors (Lipinski definition) is 5. The second kappa shape index (κ2) is 6.60. The minimum absolute atomic E-state index is 0.254. The van der Waals surface area contributed by atoms with E-state index in [2.05, 4.69) is 10.8 Å². The van der Waals surface area contributed by atoms with E-state index in [-0.39, 0.29) is 11.1 Å². The van der Waals surface area contributed by atoms with Crippen LogP contribution in [0.5, 0.6) is 0 Å². The van der Waals surface area contributed by atoms with Crippen LogP contribution < -0.4 is 0 Å². The van der Waals surface area contributed by atoms with Crippen LogP contribution in [-0.4, -0.2) is 13.1 Å². The molecule has 0 heterocycles. The lowest BCUT2D eigenvalue weighted by molar-refractivity contribution is 0.0600. The van der Waals surface area contributed by atoms with Crippen LogP contribution in [0.3, 0.4) is 0 Å². The molecular formula is C16H10N2O2S. The van der Waals surface area contributed by atoms with Crippen LogP contribution in [0.15, 0.2) is 52.3 Å². The fourth-order valence-corrected chi connectivity index (χ4v) is 2.56. The molecular weight excluding hydrogens is 284 g/mol. The molecule has 0 saturated heterocycles. The van der Waals surface area contributed by atoms with Crippen molar-refractivity contribution in [2.24, 2.45) is 0 Å². The van der Waals surface area contributed by atoms with E-state index in [1.54, 1.807) is 30.3 Å². The van der Waals surface area contributed by atoms with Crippen molar-refractivity contribution in [3.8, 4) is 12.1 Å². The highest BCUT2D eigenvalue weighted by Gasteiger charge is 2.12. The zero-order chi connectivity index (χ0) is 15.2. The van der Waals surface area contributed by atoms with E-state index < -0.39 is 5.97 Å². The molecule has 0 saturated carbocycles. The number of carbonyl (C=O) groups excluding carboxylic acids is 1. The van der Waals surface area contributed by atoms with Crippen LogP contribution in [0.25, 0.3) is 0 Å². The van der Waals surface area contributed by atoms with Crippen molar-refractivity contribution in [2.45, 2.75) is 9.79 Å². The summed E-state index contributed by atoms with van der Waals surface area (Å²) in [4.78, 5) is 13.3. The highest BCUT2D eigenvalue weighted by Crippen LogP contribution is 2.29. The molecule has 2 rings (SSSR count). The molecule has 2 aromatic carbocycles. The first-order chi connectivity index (χ1) is 10.2. The summed E-state index contributed by atoms with van der Waals surface area (Å²) in [5, 5.41) is 17.9. The molecule has 0 aliphatic carbocycles. The minimum Gasteiger partial charge on any atom is -0.465 e. The Morgan fingerprint density at radius 1 is 1.05 bits per heavy atom. The van der Waals surface area contributed by atoms with Crippen LogP contribution in [0.1, 0.15) is 21.5 Å². The van der Waals surface area contributed by atoms with Gasteiger partial charge in [-0.05, 0) is 42.5 Å². The number of nitriles is 2. The molecule has 0 aliphatic heterocycles. The third-order valence-electron chi connectivity index (χ3n) is 2.74. The average Bonchev–Trinajstić information content (AvgIpc) is 2.54. The first-order valence-corrected chi connectivity index (χ1v) is 6.80. The Balaban J connectivity index is 2.27. The van der Waals surface area contributed by atoms with Gasteiger partial charge in [0.1, 0.15) is 6.07 Å². The number of esters is 1. The van der Waals surface area contributed by atoms with Gasteiger partial charge in [0.2, 0.25) is 0 Å². The summed E-state index contributed by atoms with van der Waals surface area (Å²) in [7, 11) is 1.28. The van der Waals surface area contributed by atoms with Crippen LogP contribution in [-0.2, 0) is 4.74 Å². The quantitative estimate of drug-likeness (QED) is 0.811. The van der Waals surface area contributed by atoms with Gasteiger partial charge in [0.25, 0.3) is 0 Å². The topological polar surface area (TPSA) is 73.9 Å². The molecule has 0 N–H and O–H groups in total. The number of methoxy groups -OCH3 is 1. The van der Waals surface area contributed by atoms with E-state index in [9.17, 15) is 4.79 Å². The monoisotopic (exact) mass is 294 g/mol. The molecule has 0 bridgehead atoms. The summed E-state index contributed by atoms with van der Waals surface area (Å²) < 4.78 is 4.63. The Labute approximate surface area is 126 Å². The van der Waals surface area contributed by atoms with Gasteiger partial charge in [-0.15, -0.1) is 0 Å². The van der Waals surface area contributed by atoms with Gasteiger partial charge in [-0.2, -0.15) is 10.5 Å². The maximum Gasteiger partial charge on any atom is 0.339 e. The maximum absolute atomic E-state index is 11.5. The van der Waals surface area contributed by atoms with Crippen molar-refractivity contribution < 1.29 is 9.53 Å². The van der Waals surface area contributed by atoms with Crippen molar-refractivity contribution >= 4 is 17.7 Å². The predicted octanol–water partition coefficient (Wildman–Crippen LogP) is 3.37. The number of hydrogen-bond donors (Lipinski definition) is 0. The molecule has 2 aromatic rings. The largest absolute Gasteiger partial charge is 0.465 e. The molecule has 21 heavy (non-hydrogen) atoms. The normalized spacial score (nSPS) is 9.48. The first-order valence-electron chi connectivity index (χ1n) is 5.98. The Hall–Kier alpha value is -2.76. The molecule has 0 fully saturated rings. The number of benzene rings is 2. The molecule has 0 amide bonds. The smallest absolute Gasteiger partial charge is 0.339 e. The predicted molar refractivity (Wildman–Crippen MR) is 77.8 cm³/mol. The summed E-state index contributed by atoms with van der Waals surface area (Å²) in [6.45, 7) is 0. The zero-order valence-corrected chi connectivity index (χ0v) is 12.0. The first kappa shape index (κ1) is 14.6. The lowest BCUT2D eigenvalue weighted by Crippen LogP contribution is -2.03. The minimum atomic E-state index is -0.526. The molecule has 5 heteroatoms. The Bertz CT molecular complexity index is 755. The Morgan fingerprint density at radius 2 is 1.71 bits per heavy atom. The highest BCUT2D eigenvalue weighted by molar-refractivity contribution is 7.99. The van der Waals surface area contributed by atoms with E-state index in [0.717, 1.165) is 9.79 Å². The Kier molecular flexibility index (Phi) is 4.61. The summed E-state index contributed by atoms with van der Waals surface area (Å²) in [5.41, 5.74) is 1.13. The third kappa shape index (κ3) is 3.42. The van der Waals surface area contributed by atoms with E-state index in [4.69, 9.17) is 10.5 Å². The van der Waals surface area contributed by atoms with Gasteiger partial charge in [0, 0.05) is 9.79 Å². The maximum atomic E-state index is 11.5. The number of ether oxygens (including phenoxy) is 1. The van der Waals surface area contributed by atoms with Crippen LogP contribution in [0.4, 0.5) is 0 Å². The number of rotatable bonds is 3. The molecule has 0 spiro atoms. The number of nitrogens with zero attached hydrogens (tertiary/aromatic N) is 2. The molecule has 0 aromatic heterocycles. The summed E-state index contributed by atoms with van der Waals surface area (Å²) >= 11 is 1.45. The van der Waals surface area contributed by atoms with Gasteiger partial charge in [-0.3, -0.25) is 0 Å². The summed E-state index contributed by atoms with van der Waals surface area (Å²) in [5.74, 6) is -0.526. The summed E-state index contributed by atoms with van der Waals surface area (Å²) in [6.07, 6.45) is 0. The molecule has 0 aliphatic rings. The van der Waals surface area contributed by atoms with Crippen molar-refractivity contribution in [2.75, 3.05) is 7.11 Å². The highest BCUT2D eigenvalue weighted by atomic mass is 32.2. The number of carbonyl (C=O) groups is 1. The molecule has 4 nitrogen and oxygen atoms in total. The van der Waals surface area contributed by atoms with Crippen LogP contribution in [0.2, 0.25) is 0 Å². The fourth-order valence-electron chi connectivity index (χ4n) is 1.70. The van der Waals surface area contributed by atoms with Gasteiger partial charge >= 0.3 is 5.97 Å². The van der Waals surface area contributed by atoms with Crippen LogP contribution in [0, 0.1) is 22.7 Å². The SMILES string of the molecule is COC(=O)c1ccc(Sc2ccc(C#N)cc2)cc1C#N. The lowest BCUT2D eigenvalue weighted by Gasteiger charge is -2.05. The van der Waals surface area contributed by atoms with E-state index >= 15 is 0 Å². The fraction of sp³-hybridized carbons (Fsp3) is 0.0625. The van der Waals surface area contributed by atoms with Crippen molar-refractivity contribution in [1.29, 1.82) is 10.5 Å². The van der Waals surface area contributed by atoms with Gasteiger partial charge < -0.3 is 4.74 Å². The molecule has 102 valence electrons. The van der Waals surface area contributed by atoms with Crippen molar-refractivity contribution in [1.82, 2.24) is 0 Å². The van der Waals surface area contributed by atoms with E-state index in [1.165, 1.54) is 18.9 Å². The van der Waals surface area contributed by atoms with Gasteiger partial charge in [-0.1, -0.05) is 11.8 Å². The second-order valence-corrected chi connectivity index (χ2v) is 5.20. The van der Waals surface area contributed by atoms with Crippen molar-refractivity contribution in [3.05, 3.63) is 59.2 Å². The molecule has 0 atom stereocenters. The van der Waals surface area contributed by atoms with Gasteiger partial charge in [-0.25, -0.2) is 4.79 Å². The molecule has 0 unspecified atom stereocenters. The zero-order valence-electron chi connectivity index (χ0n) is 11.2. The second-order valence-electron chi connectivity index (χ2n) is 4.05.